The lowest BCUT2D eigenvalue weighted by molar-refractivity contribution is 0.0951. The number of nitriles is 1. The molecule has 0 heterocycles. The van der Waals surface area contributed by atoms with Gasteiger partial charge in [-0.1, -0.05) is 23.7 Å². The second-order valence-electron chi connectivity index (χ2n) is 4.11. The monoisotopic (exact) mass is 288 g/mol. The lowest BCUT2D eigenvalue weighted by Crippen LogP contribution is -2.23. The van der Waals surface area contributed by atoms with E-state index >= 15 is 0 Å². The van der Waals surface area contributed by atoms with E-state index in [1.807, 2.05) is 6.07 Å². The van der Waals surface area contributed by atoms with Gasteiger partial charge in [0.25, 0.3) is 5.91 Å². The largest absolute Gasteiger partial charge is 0.348 e. The minimum Gasteiger partial charge on any atom is -0.348 e. The van der Waals surface area contributed by atoms with Crippen LogP contribution in [0.25, 0.3) is 0 Å². The van der Waals surface area contributed by atoms with Gasteiger partial charge in [0.2, 0.25) is 0 Å². The molecular weight excluding hydrogens is 279 g/mol. The topological polar surface area (TPSA) is 52.9 Å². The molecule has 0 aliphatic rings. The van der Waals surface area contributed by atoms with Crippen LogP contribution in [0.3, 0.4) is 0 Å². The number of halogens is 2. The van der Waals surface area contributed by atoms with Crippen molar-refractivity contribution in [1.82, 2.24) is 5.32 Å². The number of hydrogen-bond donors (Lipinski definition) is 1. The number of amides is 1. The van der Waals surface area contributed by atoms with Gasteiger partial charge in [0.15, 0.2) is 0 Å². The van der Waals surface area contributed by atoms with Gasteiger partial charge < -0.3 is 5.32 Å². The fraction of sp³-hybridized carbons (Fsp3) is 0.0667. The summed E-state index contributed by atoms with van der Waals surface area (Å²) in [5.74, 6) is -0.741. The van der Waals surface area contributed by atoms with Crippen molar-refractivity contribution in [3.05, 3.63) is 70.0 Å². The van der Waals surface area contributed by atoms with E-state index in [0.717, 1.165) is 0 Å². The van der Waals surface area contributed by atoms with Crippen LogP contribution in [0.5, 0.6) is 0 Å². The number of benzene rings is 2. The van der Waals surface area contributed by atoms with Crippen LogP contribution in [0.15, 0.2) is 42.5 Å². The zero-order chi connectivity index (χ0) is 14.5. The summed E-state index contributed by atoms with van der Waals surface area (Å²) in [5, 5.41) is 11.7. The summed E-state index contributed by atoms with van der Waals surface area (Å²) in [6, 6.07) is 12.3. The van der Waals surface area contributed by atoms with E-state index in [1.54, 1.807) is 18.2 Å². The molecule has 0 aliphatic heterocycles. The van der Waals surface area contributed by atoms with Crippen LogP contribution in [0.1, 0.15) is 21.5 Å². The first-order valence-corrected chi connectivity index (χ1v) is 6.20. The zero-order valence-electron chi connectivity index (χ0n) is 10.4. The predicted octanol–water partition coefficient (Wildman–Crippen LogP) is 3.28. The average molecular weight is 289 g/mol. The minimum absolute atomic E-state index is 0.189. The fourth-order valence-electron chi connectivity index (χ4n) is 1.67. The van der Waals surface area contributed by atoms with E-state index in [4.69, 9.17) is 16.9 Å². The molecule has 0 bridgehead atoms. The van der Waals surface area contributed by atoms with Gasteiger partial charge in [-0.2, -0.15) is 5.26 Å². The van der Waals surface area contributed by atoms with Gasteiger partial charge in [-0.05, 0) is 35.9 Å². The third-order valence-electron chi connectivity index (χ3n) is 2.71. The smallest absolute Gasteiger partial charge is 0.251 e. The lowest BCUT2D eigenvalue weighted by atomic mass is 10.1. The standard InChI is InChI=1S/C15H10ClFN2O/c16-14-7-13(17)5-4-12(14)9-19-15(20)11-3-1-2-10(6-11)8-18/h1-7H,9H2,(H,19,20). The SMILES string of the molecule is N#Cc1cccc(C(=O)NCc2ccc(F)cc2Cl)c1. The Labute approximate surface area is 120 Å². The third-order valence-corrected chi connectivity index (χ3v) is 3.06. The Morgan fingerprint density at radius 2 is 2.10 bits per heavy atom. The van der Waals surface area contributed by atoms with E-state index in [-0.39, 0.29) is 17.5 Å². The van der Waals surface area contributed by atoms with E-state index in [2.05, 4.69) is 5.32 Å². The van der Waals surface area contributed by atoms with Gasteiger partial charge >= 0.3 is 0 Å². The van der Waals surface area contributed by atoms with Crippen molar-refractivity contribution in [1.29, 1.82) is 5.26 Å². The predicted molar refractivity (Wildman–Crippen MR) is 73.7 cm³/mol. The summed E-state index contributed by atoms with van der Waals surface area (Å²) in [6.07, 6.45) is 0. The first-order valence-electron chi connectivity index (χ1n) is 5.82. The van der Waals surface area contributed by atoms with Crippen molar-refractivity contribution in [3.8, 4) is 6.07 Å². The van der Waals surface area contributed by atoms with Gasteiger partial charge in [-0.25, -0.2) is 4.39 Å². The van der Waals surface area contributed by atoms with Crippen LogP contribution < -0.4 is 5.32 Å². The van der Waals surface area contributed by atoms with Crippen LogP contribution in [-0.4, -0.2) is 5.91 Å². The van der Waals surface area contributed by atoms with Gasteiger partial charge in [0.1, 0.15) is 5.82 Å². The Morgan fingerprint density at radius 3 is 2.80 bits per heavy atom. The number of nitrogens with one attached hydrogen (secondary N) is 1. The molecule has 20 heavy (non-hydrogen) atoms. The van der Waals surface area contributed by atoms with Crippen molar-refractivity contribution < 1.29 is 9.18 Å². The van der Waals surface area contributed by atoms with Crippen LogP contribution >= 0.6 is 11.6 Å². The molecule has 100 valence electrons. The summed E-state index contributed by atoms with van der Waals surface area (Å²) in [7, 11) is 0. The second kappa shape index (κ2) is 6.18. The molecule has 0 fully saturated rings. The Bertz CT molecular complexity index is 695. The fourth-order valence-corrected chi connectivity index (χ4v) is 1.91. The molecule has 0 aromatic heterocycles. The Hall–Kier alpha value is -2.38. The second-order valence-corrected chi connectivity index (χ2v) is 4.52. The normalized spacial score (nSPS) is 9.85. The van der Waals surface area contributed by atoms with E-state index in [9.17, 15) is 9.18 Å². The van der Waals surface area contributed by atoms with Crippen molar-refractivity contribution >= 4 is 17.5 Å². The van der Waals surface area contributed by atoms with Gasteiger partial charge in [-0.3, -0.25) is 4.79 Å². The van der Waals surface area contributed by atoms with Crippen molar-refractivity contribution in [2.45, 2.75) is 6.54 Å². The molecule has 0 saturated heterocycles. The molecule has 0 aliphatic carbocycles. The highest BCUT2D eigenvalue weighted by Gasteiger charge is 2.08. The molecule has 2 aromatic rings. The third kappa shape index (κ3) is 3.34. The summed E-state index contributed by atoms with van der Waals surface area (Å²) >= 11 is 5.87. The molecule has 0 unspecified atom stereocenters. The van der Waals surface area contributed by atoms with Crippen LogP contribution in [0, 0.1) is 17.1 Å². The lowest BCUT2D eigenvalue weighted by Gasteiger charge is -2.07. The molecule has 1 N–H and O–H groups in total. The number of carbonyl (C=O) groups is 1. The van der Waals surface area contributed by atoms with Crippen LogP contribution in [-0.2, 0) is 6.54 Å². The molecule has 2 rings (SSSR count). The van der Waals surface area contributed by atoms with E-state index in [1.165, 1.54) is 24.3 Å². The van der Waals surface area contributed by atoms with Gasteiger partial charge in [-0.15, -0.1) is 0 Å². The molecule has 0 saturated carbocycles. The first-order chi connectivity index (χ1) is 9.60. The highest BCUT2D eigenvalue weighted by Crippen LogP contribution is 2.17. The number of hydrogen-bond acceptors (Lipinski definition) is 2. The highest BCUT2D eigenvalue weighted by atomic mass is 35.5. The van der Waals surface area contributed by atoms with Crippen LogP contribution in [0.4, 0.5) is 4.39 Å². The minimum atomic E-state index is -0.424. The van der Waals surface area contributed by atoms with Gasteiger partial charge in [0.05, 0.1) is 11.6 Å². The molecule has 2 aromatic carbocycles. The van der Waals surface area contributed by atoms with Crippen LogP contribution in [0.2, 0.25) is 5.02 Å². The van der Waals surface area contributed by atoms with Crippen molar-refractivity contribution in [2.24, 2.45) is 0 Å². The number of carbonyl (C=O) groups excluding carboxylic acids is 1. The maximum absolute atomic E-state index is 12.9. The Kier molecular flexibility index (Phi) is 4.34. The summed E-state index contributed by atoms with van der Waals surface area (Å²) < 4.78 is 12.9. The summed E-state index contributed by atoms with van der Waals surface area (Å²) in [4.78, 5) is 11.9. The Morgan fingerprint density at radius 1 is 1.30 bits per heavy atom. The average Bonchev–Trinajstić information content (AvgIpc) is 2.46. The molecule has 0 spiro atoms. The summed E-state index contributed by atoms with van der Waals surface area (Å²) in [5.41, 5.74) is 1.43. The Balaban J connectivity index is 2.07. The quantitative estimate of drug-likeness (QED) is 0.942. The molecule has 1 amide bonds. The molecule has 0 radical (unpaired) electrons. The van der Waals surface area contributed by atoms with Gasteiger partial charge in [0, 0.05) is 17.1 Å². The maximum Gasteiger partial charge on any atom is 0.251 e. The number of rotatable bonds is 3. The molecule has 0 atom stereocenters. The first kappa shape index (κ1) is 14.0. The van der Waals surface area contributed by atoms with E-state index < -0.39 is 5.82 Å². The summed E-state index contributed by atoms with van der Waals surface area (Å²) in [6.45, 7) is 0.189. The molecular formula is C15H10ClFN2O. The number of nitrogens with zero attached hydrogens (tertiary/aromatic N) is 1. The van der Waals surface area contributed by atoms with Crippen molar-refractivity contribution in [2.75, 3.05) is 0 Å². The highest BCUT2D eigenvalue weighted by molar-refractivity contribution is 6.31. The molecule has 3 nitrogen and oxygen atoms in total. The van der Waals surface area contributed by atoms with E-state index in [0.29, 0.717) is 16.7 Å². The maximum atomic E-state index is 12.9. The molecule has 5 heteroatoms. The zero-order valence-corrected chi connectivity index (χ0v) is 11.1. The van der Waals surface area contributed by atoms with Crippen molar-refractivity contribution in [3.63, 3.8) is 0 Å².